The summed E-state index contributed by atoms with van der Waals surface area (Å²) in [5.41, 5.74) is 5.88. The van der Waals surface area contributed by atoms with E-state index in [1.807, 2.05) is 25.3 Å². The molecule has 0 bridgehead atoms. The third kappa shape index (κ3) is 4.81. The number of allylic oxidation sites excluding steroid dienone is 1. The maximum Gasteiger partial charge on any atom is 0.254 e. The van der Waals surface area contributed by atoms with Gasteiger partial charge in [0.15, 0.2) is 11.5 Å². The predicted octanol–water partition coefficient (Wildman–Crippen LogP) is 8.11. The summed E-state index contributed by atoms with van der Waals surface area (Å²) >= 11 is 0. The molecule has 0 radical (unpaired) electrons. The van der Waals surface area contributed by atoms with Crippen molar-refractivity contribution in [1.29, 1.82) is 0 Å². The molecule has 3 aliphatic rings. The number of fused-ring (bicyclic) bond motifs is 5. The fourth-order valence-electron chi connectivity index (χ4n) is 6.75. The summed E-state index contributed by atoms with van der Waals surface area (Å²) in [5.74, 6) is 0.715. The van der Waals surface area contributed by atoms with E-state index in [-0.39, 0.29) is 23.2 Å². The maximum atomic E-state index is 14.6. The highest BCUT2D eigenvalue weighted by Crippen LogP contribution is 2.54. The number of hydrogen-bond donors (Lipinski definition) is 2. The predicted molar refractivity (Wildman–Crippen MR) is 165 cm³/mol. The van der Waals surface area contributed by atoms with Crippen LogP contribution in [0.1, 0.15) is 79.9 Å². The van der Waals surface area contributed by atoms with Crippen molar-refractivity contribution >= 4 is 29.0 Å². The smallest absolute Gasteiger partial charge is 0.254 e. The second-order valence-electron chi connectivity index (χ2n) is 12.1. The highest BCUT2D eigenvalue weighted by Gasteiger charge is 2.34. The molecule has 2 heterocycles. The third-order valence-corrected chi connectivity index (χ3v) is 8.65. The summed E-state index contributed by atoms with van der Waals surface area (Å²) in [4.78, 5) is 15.6. The van der Waals surface area contributed by atoms with Gasteiger partial charge in [-0.25, -0.2) is 4.39 Å². The van der Waals surface area contributed by atoms with Gasteiger partial charge in [-0.2, -0.15) is 0 Å². The van der Waals surface area contributed by atoms with Crippen LogP contribution in [0.2, 0.25) is 0 Å². The highest BCUT2D eigenvalue weighted by atomic mass is 19.1. The van der Waals surface area contributed by atoms with Crippen LogP contribution in [0, 0.1) is 5.82 Å². The maximum absolute atomic E-state index is 14.6. The quantitative estimate of drug-likeness (QED) is 0.333. The lowest BCUT2D eigenvalue weighted by atomic mass is 9.82. The molecule has 0 aromatic heterocycles. The molecule has 0 unspecified atom stereocenters. The second-order valence-corrected chi connectivity index (χ2v) is 12.1. The molecule has 42 heavy (non-hydrogen) atoms. The number of phenolic OH excluding ortho intramolecular Hbond substituents is 1. The number of phenols is 1. The molecule has 7 heteroatoms. The molecule has 218 valence electrons. The summed E-state index contributed by atoms with van der Waals surface area (Å²) in [6.07, 6.45) is 9.28. The number of carbonyl (C=O) groups is 1. The molecule has 3 aromatic rings. The number of hydrogen-bond acceptors (Lipinski definition) is 5. The minimum Gasteiger partial charge on any atom is -0.504 e. The molecule has 2 N–H and O–H groups in total. The highest BCUT2D eigenvalue weighted by molar-refractivity contribution is 6.04. The number of rotatable bonds is 4. The molecule has 1 fully saturated rings. The van der Waals surface area contributed by atoms with Gasteiger partial charge >= 0.3 is 0 Å². The van der Waals surface area contributed by atoms with E-state index in [4.69, 9.17) is 9.47 Å². The number of aromatic hydroxyl groups is 1. The number of benzene rings is 3. The Kier molecular flexibility index (Phi) is 7.00. The van der Waals surface area contributed by atoms with Crippen molar-refractivity contribution in [2.24, 2.45) is 0 Å². The van der Waals surface area contributed by atoms with Crippen LogP contribution in [0.5, 0.6) is 17.2 Å². The van der Waals surface area contributed by atoms with E-state index in [9.17, 15) is 14.3 Å². The Hall–Kier alpha value is -4.26. The first-order chi connectivity index (χ1) is 20.1. The van der Waals surface area contributed by atoms with Gasteiger partial charge in [0, 0.05) is 41.0 Å². The lowest BCUT2D eigenvalue weighted by Gasteiger charge is -2.35. The standard InChI is InChI=1S/C35H37FN2O4/c1-20-19-35(2,3)37-26-14-13-24-31(30(20)26)29(42-28-16-15-27(39)33(41-5)32(24)28)17-21-11-12-22(36)18-25(21)34(40)38(4)23-9-7-6-8-10-23/h11-19,23,37,39H,6-10H2,1-5H3/b29-17-. The van der Waals surface area contributed by atoms with E-state index in [0.29, 0.717) is 33.9 Å². The van der Waals surface area contributed by atoms with Crippen LogP contribution in [0.3, 0.4) is 0 Å². The molecule has 6 nitrogen and oxygen atoms in total. The van der Waals surface area contributed by atoms with Crippen molar-refractivity contribution in [2.75, 3.05) is 19.5 Å². The van der Waals surface area contributed by atoms with Crippen molar-refractivity contribution in [2.45, 2.75) is 64.5 Å². The molecule has 1 saturated carbocycles. The van der Waals surface area contributed by atoms with Crippen molar-refractivity contribution in [3.8, 4) is 28.4 Å². The Morgan fingerprint density at radius 3 is 2.60 bits per heavy atom. The summed E-state index contributed by atoms with van der Waals surface area (Å²) < 4.78 is 26.8. The molecule has 0 spiro atoms. The van der Waals surface area contributed by atoms with Gasteiger partial charge < -0.3 is 24.8 Å². The largest absolute Gasteiger partial charge is 0.504 e. The van der Waals surface area contributed by atoms with E-state index in [0.717, 1.165) is 53.6 Å². The molecule has 1 aliphatic carbocycles. The molecular formula is C35H37FN2O4. The fourth-order valence-corrected chi connectivity index (χ4v) is 6.75. The average molecular weight is 569 g/mol. The summed E-state index contributed by atoms with van der Waals surface area (Å²) in [6, 6.07) is 11.8. The Morgan fingerprint density at radius 2 is 1.86 bits per heavy atom. The second kappa shape index (κ2) is 10.5. The number of nitrogens with zero attached hydrogens (tertiary/aromatic N) is 1. The summed E-state index contributed by atoms with van der Waals surface area (Å²) in [7, 11) is 3.34. The topological polar surface area (TPSA) is 71.0 Å². The fraction of sp³-hybridized carbons (Fsp3) is 0.343. The minimum atomic E-state index is -0.462. The number of ether oxygens (including phenoxy) is 2. The number of amides is 1. The van der Waals surface area contributed by atoms with Crippen molar-refractivity contribution in [3.63, 3.8) is 0 Å². The zero-order chi connectivity index (χ0) is 29.8. The first kappa shape index (κ1) is 27.9. The van der Waals surface area contributed by atoms with Gasteiger partial charge in [0.05, 0.1) is 18.2 Å². The Balaban J connectivity index is 1.55. The van der Waals surface area contributed by atoms with Crippen LogP contribution < -0.4 is 14.8 Å². The monoisotopic (exact) mass is 568 g/mol. The Morgan fingerprint density at radius 1 is 1.10 bits per heavy atom. The zero-order valence-electron chi connectivity index (χ0n) is 24.8. The molecule has 3 aromatic carbocycles. The van der Waals surface area contributed by atoms with Crippen LogP contribution in [0.15, 0.2) is 48.5 Å². The van der Waals surface area contributed by atoms with Gasteiger partial charge in [-0.15, -0.1) is 0 Å². The van der Waals surface area contributed by atoms with Crippen molar-refractivity contribution in [1.82, 2.24) is 4.90 Å². The van der Waals surface area contributed by atoms with Crippen LogP contribution in [0.4, 0.5) is 10.1 Å². The molecule has 2 aliphatic heterocycles. The third-order valence-electron chi connectivity index (χ3n) is 8.65. The van der Waals surface area contributed by atoms with Crippen molar-refractivity contribution in [3.05, 3.63) is 76.6 Å². The Bertz CT molecular complexity index is 1650. The van der Waals surface area contributed by atoms with Crippen LogP contribution in [0.25, 0.3) is 28.5 Å². The number of halogens is 1. The SMILES string of the molecule is COc1c(O)ccc2c1-c1ccc3c(c1/C(=C/c1ccc(F)cc1C(=O)N(C)C1CCCCC1)O2)C(C)=CC(C)(C)N3. The first-order valence-electron chi connectivity index (χ1n) is 14.6. The number of nitrogens with one attached hydrogen (secondary N) is 1. The lowest BCUT2D eigenvalue weighted by molar-refractivity contribution is 0.0695. The number of methoxy groups -OCH3 is 1. The van der Waals surface area contributed by atoms with E-state index in [1.165, 1.54) is 25.7 Å². The van der Waals surface area contributed by atoms with E-state index >= 15 is 0 Å². The van der Waals surface area contributed by atoms with Crippen LogP contribution in [-0.4, -0.2) is 41.7 Å². The molecule has 6 rings (SSSR count). The van der Waals surface area contributed by atoms with E-state index in [1.54, 1.807) is 23.1 Å². The minimum absolute atomic E-state index is 0.0136. The van der Waals surface area contributed by atoms with Gasteiger partial charge in [0.25, 0.3) is 5.91 Å². The summed E-state index contributed by atoms with van der Waals surface area (Å²) in [6.45, 7) is 6.30. The molecular weight excluding hydrogens is 531 g/mol. The van der Waals surface area contributed by atoms with Gasteiger partial charge in [-0.05, 0) is 81.2 Å². The normalized spacial score (nSPS) is 18.1. The van der Waals surface area contributed by atoms with Crippen molar-refractivity contribution < 1.29 is 23.8 Å². The van der Waals surface area contributed by atoms with Gasteiger partial charge in [0.2, 0.25) is 0 Å². The van der Waals surface area contributed by atoms with E-state index in [2.05, 4.69) is 32.2 Å². The van der Waals surface area contributed by atoms with E-state index < -0.39 is 5.82 Å². The van der Waals surface area contributed by atoms with Gasteiger partial charge in [-0.3, -0.25) is 4.79 Å². The van der Waals surface area contributed by atoms with Gasteiger partial charge in [-0.1, -0.05) is 37.5 Å². The zero-order valence-corrected chi connectivity index (χ0v) is 24.8. The molecule has 1 amide bonds. The Labute approximate surface area is 246 Å². The summed E-state index contributed by atoms with van der Waals surface area (Å²) in [5, 5.41) is 14.2. The van der Waals surface area contributed by atoms with Gasteiger partial charge in [0.1, 0.15) is 17.3 Å². The number of anilines is 1. The van der Waals surface area contributed by atoms with Crippen LogP contribution in [-0.2, 0) is 0 Å². The number of carbonyl (C=O) groups excluding carboxylic acids is 1. The average Bonchev–Trinajstić information content (AvgIpc) is 2.97. The first-order valence-corrected chi connectivity index (χ1v) is 14.6. The lowest BCUT2D eigenvalue weighted by Crippen LogP contribution is -2.38. The molecule has 0 atom stereocenters. The molecule has 0 saturated heterocycles. The van der Waals surface area contributed by atoms with Crippen LogP contribution >= 0.6 is 0 Å².